The molecular formula is C5H7F3N3-. The molecule has 0 bridgehead atoms. The molecule has 0 unspecified atom stereocenters. The van der Waals surface area contributed by atoms with E-state index < -0.39 is 11.9 Å². The predicted molar refractivity (Wildman–Crippen MR) is 33.0 cm³/mol. The van der Waals surface area contributed by atoms with Gasteiger partial charge in [0, 0.05) is 6.20 Å². The highest BCUT2D eigenvalue weighted by molar-refractivity contribution is 5.15. The zero-order valence-electron chi connectivity index (χ0n) is 6.05. The van der Waals surface area contributed by atoms with Crippen molar-refractivity contribution in [1.82, 2.24) is 10.0 Å². The van der Waals surface area contributed by atoms with E-state index in [1.54, 1.807) is 0 Å². The van der Waals surface area contributed by atoms with Crippen LogP contribution in [0.15, 0.2) is 11.9 Å². The molecule has 0 aromatic rings. The van der Waals surface area contributed by atoms with Crippen molar-refractivity contribution in [2.24, 2.45) is 0 Å². The molecule has 0 atom stereocenters. The molecule has 1 aliphatic rings. The second-order valence-electron chi connectivity index (χ2n) is 2.20. The van der Waals surface area contributed by atoms with Gasteiger partial charge in [0.15, 0.2) is 0 Å². The van der Waals surface area contributed by atoms with Gasteiger partial charge < -0.3 is 15.6 Å². The summed E-state index contributed by atoms with van der Waals surface area (Å²) in [5.41, 5.74) is 2.74. The van der Waals surface area contributed by atoms with E-state index in [1.807, 2.05) is 0 Å². The zero-order chi connectivity index (χ0) is 8.65. The zero-order valence-corrected chi connectivity index (χ0v) is 6.05. The van der Waals surface area contributed by atoms with Crippen molar-refractivity contribution < 1.29 is 13.2 Å². The molecule has 1 aliphatic heterocycles. The highest BCUT2D eigenvalue weighted by atomic mass is 19.4. The van der Waals surface area contributed by atoms with Gasteiger partial charge in [-0.2, -0.15) is 13.2 Å². The van der Waals surface area contributed by atoms with Gasteiger partial charge >= 0.3 is 6.18 Å². The Morgan fingerprint density at radius 2 is 1.91 bits per heavy atom. The van der Waals surface area contributed by atoms with Crippen molar-refractivity contribution in [1.29, 1.82) is 0 Å². The van der Waals surface area contributed by atoms with Crippen molar-refractivity contribution in [2.45, 2.75) is 6.18 Å². The van der Waals surface area contributed by atoms with Crippen LogP contribution in [-0.2, 0) is 0 Å². The fourth-order valence-corrected chi connectivity index (χ4v) is 0.803. The number of alkyl halides is 3. The van der Waals surface area contributed by atoms with E-state index in [1.165, 1.54) is 14.1 Å². The largest absolute Gasteiger partial charge is 0.475 e. The maximum absolute atomic E-state index is 12.0. The minimum atomic E-state index is -4.32. The summed E-state index contributed by atoms with van der Waals surface area (Å²) in [5, 5.41) is 1.91. The summed E-state index contributed by atoms with van der Waals surface area (Å²) in [6, 6.07) is 0. The van der Waals surface area contributed by atoms with Crippen molar-refractivity contribution in [3.63, 3.8) is 0 Å². The highest BCUT2D eigenvalue weighted by Crippen LogP contribution is 2.33. The minimum Gasteiger partial charge on any atom is -0.475 e. The van der Waals surface area contributed by atoms with Crippen molar-refractivity contribution >= 4 is 0 Å². The van der Waals surface area contributed by atoms with E-state index in [4.69, 9.17) is 0 Å². The monoisotopic (exact) mass is 166 g/mol. The average Bonchev–Trinajstić information content (AvgIpc) is 2.08. The molecule has 1 heterocycles. The summed E-state index contributed by atoms with van der Waals surface area (Å²) in [4.78, 5) is 0. The normalized spacial score (nSPS) is 19.2. The Balaban J connectivity index is 2.80. The SMILES string of the molecule is CN1C=C(C(F)(F)F)N(C)[N-]1. The molecule has 6 heteroatoms. The van der Waals surface area contributed by atoms with Crippen LogP contribution in [0.4, 0.5) is 13.2 Å². The lowest BCUT2D eigenvalue weighted by Crippen LogP contribution is -2.22. The lowest BCUT2D eigenvalue weighted by molar-refractivity contribution is -0.105. The maximum atomic E-state index is 12.0. The van der Waals surface area contributed by atoms with Crippen molar-refractivity contribution in [3.8, 4) is 0 Å². The van der Waals surface area contributed by atoms with Gasteiger partial charge in [0.25, 0.3) is 0 Å². The summed E-state index contributed by atoms with van der Waals surface area (Å²) < 4.78 is 36.0. The van der Waals surface area contributed by atoms with Gasteiger partial charge in [0.05, 0.1) is 0 Å². The van der Waals surface area contributed by atoms with Crippen LogP contribution in [-0.4, -0.2) is 30.3 Å². The smallest absolute Gasteiger partial charge is 0.431 e. The molecular weight excluding hydrogens is 159 g/mol. The van der Waals surface area contributed by atoms with Crippen LogP contribution in [0.2, 0.25) is 0 Å². The molecule has 0 spiro atoms. The molecule has 3 nitrogen and oxygen atoms in total. The standard InChI is InChI=1S/C5H7F3N3/c1-10-3-4(5(6,7)8)11(2)9-10/h3H,1-2H3/q-1. The summed E-state index contributed by atoms with van der Waals surface area (Å²) in [6.07, 6.45) is -3.39. The average molecular weight is 166 g/mol. The molecule has 0 N–H and O–H groups in total. The van der Waals surface area contributed by atoms with Crippen LogP contribution in [0, 0.1) is 0 Å². The molecule has 0 saturated carbocycles. The van der Waals surface area contributed by atoms with Crippen molar-refractivity contribution in [3.05, 3.63) is 17.4 Å². The quantitative estimate of drug-likeness (QED) is 0.543. The molecule has 0 aliphatic carbocycles. The van der Waals surface area contributed by atoms with E-state index in [9.17, 15) is 13.2 Å². The summed E-state index contributed by atoms with van der Waals surface area (Å²) in [6.45, 7) is 0. The first-order valence-corrected chi connectivity index (χ1v) is 2.88. The van der Waals surface area contributed by atoms with Crippen molar-refractivity contribution in [2.75, 3.05) is 14.1 Å². The van der Waals surface area contributed by atoms with Crippen LogP contribution >= 0.6 is 0 Å². The lowest BCUT2D eigenvalue weighted by atomic mass is 10.4. The third-order valence-corrected chi connectivity index (χ3v) is 1.22. The van der Waals surface area contributed by atoms with Gasteiger partial charge in [-0.25, -0.2) is 0 Å². The van der Waals surface area contributed by atoms with Gasteiger partial charge in [0.2, 0.25) is 0 Å². The Labute approximate surface area is 62.0 Å². The van der Waals surface area contributed by atoms with Crippen LogP contribution in [0.1, 0.15) is 0 Å². The highest BCUT2D eigenvalue weighted by Gasteiger charge is 2.35. The number of hydrogen-bond acceptors (Lipinski definition) is 2. The molecule has 0 radical (unpaired) electrons. The fraction of sp³-hybridized carbons (Fsp3) is 0.600. The molecule has 11 heavy (non-hydrogen) atoms. The molecule has 0 saturated heterocycles. The Morgan fingerprint density at radius 3 is 2.09 bits per heavy atom. The van der Waals surface area contributed by atoms with Crippen LogP contribution < -0.4 is 0 Å². The first-order chi connectivity index (χ1) is 4.91. The third kappa shape index (κ3) is 1.56. The fourth-order valence-electron chi connectivity index (χ4n) is 0.803. The van der Waals surface area contributed by atoms with Crippen LogP contribution in [0.3, 0.4) is 0 Å². The number of rotatable bonds is 0. The number of nitrogens with zero attached hydrogens (tertiary/aromatic N) is 3. The van der Waals surface area contributed by atoms with E-state index in [0.29, 0.717) is 0 Å². The number of allylic oxidation sites excluding steroid dienone is 1. The maximum Gasteiger partial charge on any atom is 0.431 e. The topological polar surface area (TPSA) is 20.6 Å². The van der Waals surface area contributed by atoms with Gasteiger partial charge in [-0.3, -0.25) is 0 Å². The molecule has 0 aromatic heterocycles. The summed E-state index contributed by atoms with van der Waals surface area (Å²) >= 11 is 0. The molecule has 64 valence electrons. The number of halogens is 3. The van der Waals surface area contributed by atoms with E-state index >= 15 is 0 Å². The first kappa shape index (κ1) is 8.19. The van der Waals surface area contributed by atoms with E-state index in [0.717, 1.165) is 16.2 Å². The van der Waals surface area contributed by atoms with E-state index in [-0.39, 0.29) is 0 Å². The third-order valence-electron chi connectivity index (χ3n) is 1.22. The van der Waals surface area contributed by atoms with Gasteiger partial charge in [-0.05, 0) is 14.1 Å². The lowest BCUT2D eigenvalue weighted by Gasteiger charge is -2.34. The van der Waals surface area contributed by atoms with Gasteiger partial charge in [0.1, 0.15) is 5.70 Å². The molecule has 1 rings (SSSR count). The van der Waals surface area contributed by atoms with Crippen LogP contribution in [0.25, 0.3) is 5.53 Å². The first-order valence-electron chi connectivity index (χ1n) is 2.88. The number of hydrogen-bond donors (Lipinski definition) is 0. The van der Waals surface area contributed by atoms with Gasteiger partial charge in [-0.15, -0.1) is 0 Å². The van der Waals surface area contributed by atoms with E-state index in [2.05, 4.69) is 5.53 Å². The molecule has 0 aromatic carbocycles. The Kier molecular flexibility index (Phi) is 1.71. The summed E-state index contributed by atoms with van der Waals surface area (Å²) in [7, 11) is 2.69. The molecule has 0 amide bonds. The minimum absolute atomic E-state index is 0.750. The Hall–Kier alpha value is -0.910. The Bertz CT molecular complexity index is 186. The molecule has 0 fully saturated rings. The second-order valence-corrected chi connectivity index (χ2v) is 2.20. The second kappa shape index (κ2) is 2.30. The summed E-state index contributed by atoms with van der Waals surface area (Å²) in [5.74, 6) is 0. The van der Waals surface area contributed by atoms with Gasteiger partial charge in [-0.1, -0.05) is 0 Å². The Morgan fingerprint density at radius 1 is 1.36 bits per heavy atom. The predicted octanol–water partition coefficient (Wildman–Crippen LogP) is 1.47. The van der Waals surface area contributed by atoms with Crippen LogP contribution in [0.5, 0.6) is 0 Å².